The molecule has 7 heteroatoms. The van der Waals surface area contributed by atoms with Crippen molar-refractivity contribution in [3.05, 3.63) is 23.5 Å². The first-order valence-corrected chi connectivity index (χ1v) is 3.65. The third-order valence-electron chi connectivity index (χ3n) is 1.30. The molecule has 0 bridgehead atoms. The van der Waals surface area contributed by atoms with Gasteiger partial charge in [-0.1, -0.05) is 0 Å². The van der Waals surface area contributed by atoms with Gasteiger partial charge < -0.3 is 5.43 Å². The summed E-state index contributed by atoms with van der Waals surface area (Å²) in [6.07, 6.45) is -3.18. The van der Waals surface area contributed by atoms with Crippen molar-refractivity contribution in [2.75, 3.05) is 7.05 Å². The van der Waals surface area contributed by atoms with E-state index in [9.17, 15) is 13.2 Å². The van der Waals surface area contributed by atoms with Crippen LogP contribution >= 0.6 is 0 Å². The number of rotatable bonds is 2. The summed E-state index contributed by atoms with van der Waals surface area (Å²) in [4.78, 5) is 0. The number of hydrogen-bond donors (Lipinski definition) is 1. The zero-order chi connectivity index (χ0) is 10.6. The van der Waals surface area contributed by atoms with Gasteiger partial charge in [-0.2, -0.15) is 18.3 Å². The highest BCUT2D eigenvalue weighted by Gasteiger charge is 2.32. The molecule has 1 rings (SSSR count). The minimum absolute atomic E-state index is 0.257. The maximum absolute atomic E-state index is 12.0. The Labute approximate surface area is 77.8 Å². The van der Waals surface area contributed by atoms with Gasteiger partial charge in [0.25, 0.3) is 0 Å². The molecule has 0 fully saturated rings. The largest absolute Gasteiger partial charge is 0.435 e. The van der Waals surface area contributed by atoms with Crippen LogP contribution in [0.3, 0.4) is 0 Å². The SMILES string of the molecule is CN/N=C/c1ccc(C(F)(F)F)nn1. The summed E-state index contributed by atoms with van der Waals surface area (Å²) >= 11 is 0. The van der Waals surface area contributed by atoms with Crippen LogP contribution in [0, 0.1) is 0 Å². The number of nitrogens with zero attached hydrogens (tertiary/aromatic N) is 3. The summed E-state index contributed by atoms with van der Waals surface area (Å²) in [5.74, 6) is 0. The Morgan fingerprint density at radius 2 is 2.07 bits per heavy atom. The molecule has 0 amide bonds. The van der Waals surface area contributed by atoms with Crippen LogP contribution in [0.25, 0.3) is 0 Å². The molecular weight excluding hydrogens is 197 g/mol. The van der Waals surface area contributed by atoms with Gasteiger partial charge in [0.15, 0.2) is 5.69 Å². The Morgan fingerprint density at radius 3 is 2.50 bits per heavy atom. The highest BCUT2D eigenvalue weighted by atomic mass is 19.4. The third-order valence-corrected chi connectivity index (χ3v) is 1.30. The lowest BCUT2D eigenvalue weighted by Gasteiger charge is -2.03. The van der Waals surface area contributed by atoms with Crippen molar-refractivity contribution in [2.45, 2.75) is 6.18 Å². The van der Waals surface area contributed by atoms with Crippen molar-refractivity contribution < 1.29 is 13.2 Å². The van der Waals surface area contributed by atoms with Crippen LogP contribution < -0.4 is 5.43 Å². The van der Waals surface area contributed by atoms with Crippen LogP contribution in [0.4, 0.5) is 13.2 Å². The average Bonchev–Trinajstić information content (AvgIpc) is 2.14. The van der Waals surface area contributed by atoms with Crippen molar-refractivity contribution >= 4 is 6.21 Å². The molecule has 1 aromatic rings. The maximum Gasteiger partial charge on any atom is 0.435 e. The number of hydrazone groups is 1. The first-order chi connectivity index (χ1) is 6.54. The monoisotopic (exact) mass is 204 g/mol. The molecule has 1 aromatic heterocycles. The van der Waals surface area contributed by atoms with Gasteiger partial charge >= 0.3 is 6.18 Å². The van der Waals surface area contributed by atoms with E-state index >= 15 is 0 Å². The molecule has 0 aliphatic carbocycles. The first-order valence-electron chi connectivity index (χ1n) is 3.65. The Morgan fingerprint density at radius 1 is 1.36 bits per heavy atom. The second-order valence-corrected chi connectivity index (χ2v) is 2.32. The molecule has 0 saturated heterocycles. The minimum Gasteiger partial charge on any atom is -0.313 e. The molecule has 14 heavy (non-hydrogen) atoms. The van der Waals surface area contributed by atoms with Crippen LogP contribution in [-0.2, 0) is 6.18 Å². The Kier molecular flexibility index (Phi) is 3.00. The van der Waals surface area contributed by atoms with E-state index < -0.39 is 11.9 Å². The van der Waals surface area contributed by atoms with Crippen LogP contribution in [0.2, 0.25) is 0 Å². The van der Waals surface area contributed by atoms with Gasteiger partial charge in [0.2, 0.25) is 0 Å². The molecule has 0 radical (unpaired) electrons. The van der Waals surface area contributed by atoms with Crippen molar-refractivity contribution in [1.82, 2.24) is 15.6 Å². The van der Waals surface area contributed by atoms with E-state index in [4.69, 9.17) is 0 Å². The van der Waals surface area contributed by atoms with Gasteiger partial charge in [-0.3, -0.25) is 0 Å². The molecule has 0 aliphatic heterocycles. The van der Waals surface area contributed by atoms with E-state index in [1.54, 1.807) is 7.05 Å². The maximum atomic E-state index is 12.0. The normalized spacial score (nSPS) is 12.0. The summed E-state index contributed by atoms with van der Waals surface area (Å²) in [7, 11) is 1.56. The molecule has 4 nitrogen and oxygen atoms in total. The summed E-state index contributed by atoms with van der Waals surface area (Å²) in [5, 5.41) is 9.91. The number of halogens is 3. The predicted octanol–water partition coefficient (Wildman–Crippen LogP) is 1.05. The van der Waals surface area contributed by atoms with Gasteiger partial charge in [-0.25, -0.2) is 0 Å². The van der Waals surface area contributed by atoms with Crippen molar-refractivity contribution in [3.63, 3.8) is 0 Å². The van der Waals surface area contributed by atoms with Gasteiger partial charge in [-0.15, -0.1) is 10.2 Å². The molecule has 0 aromatic carbocycles. The molecular formula is C7H7F3N4. The summed E-state index contributed by atoms with van der Waals surface area (Å²) in [6, 6.07) is 2.04. The van der Waals surface area contributed by atoms with E-state index in [0.717, 1.165) is 6.07 Å². The zero-order valence-electron chi connectivity index (χ0n) is 7.21. The van der Waals surface area contributed by atoms with E-state index in [2.05, 4.69) is 20.7 Å². The number of nitrogens with one attached hydrogen (secondary N) is 1. The molecule has 1 heterocycles. The second kappa shape index (κ2) is 4.03. The van der Waals surface area contributed by atoms with E-state index in [1.807, 2.05) is 0 Å². The molecule has 1 N–H and O–H groups in total. The Bertz CT molecular complexity index is 317. The Hall–Kier alpha value is -1.66. The average molecular weight is 204 g/mol. The van der Waals surface area contributed by atoms with Gasteiger partial charge in [0.1, 0.15) is 5.69 Å². The fraction of sp³-hybridized carbons (Fsp3) is 0.286. The molecule has 0 saturated carbocycles. The van der Waals surface area contributed by atoms with Crippen molar-refractivity contribution in [3.8, 4) is 0 Å². The van der Waals surface area contributed by atoms with Crippen LogP contribution in [0.15, 0.2) is 17.2 Å². The topological polar surface area (TPSA) is 50.2 Å². The van der Waals surface area contributed by atoms with E-state index in [0.29, 0.717) is 0 Å². The molecule has 0 aliphatic rings. The summed E-state index contributed by atoms with van der Waals surface area (Å²) in [6.45, 7) is 0. The van der Waals surface area contributed by atoms with Crippen LogP contribution in [-0.4, -0.2) is 23.5 Å². The molecule has 76 valence electrons. The van der Waals surface area contributed by atoms with Gasteiger partial charge in [0.05, 0.1) is 6.21 Å². The van der Waals surface area contributed by atoms with E-state index in [1.165, 1.54) is 12.3 Å². The van der Waals surface area contributed by atoms with Gasteiger partial charge in [0, 0.05) is 7.05 Å². The zero-order valence-corrected chi connectivity index (χ0v) is 7.21. The molecule has 0 unspecified atom stereocenters. The lowest BCUT2D eigenvalue weighted by atomic mass is 10.3. The summed E-state index contributed by atoms with van der Waals surface area (Å²) < 4.78 is 36.1. The number of hydrogen-bond acceptors (Lipinski definition) is 4. The smallest absolute Gasteiger partial charge is 0.313 e. The lowest BCUT2D eigenvalue weighted by Crippen LogP contribution is -2.09. The molecule has 0 spiro atoms. The number of aromatic nitrogens is 2. The van der Waals surface area contributed by atoms with Gasteiger partial charge in [-0.05, 0) is 12.1 Å². The molecule has 0 atom stereocenters. The number of alkyl halides is 3. The fourth-order valence-corrected chi connectivity index (χ4v) is 0.693. The van der Waals surface area contributed by atoms with E-state index in [-0.39, 0.29) is 5.69 Å². The summed E-state index contributed by atoms with van der Waals surface area (Å²) in [5.41, 5.74) is 1.68. The first kappa shape index (κ1) is 10.4. The standard InChI is InChI=1S/C7H7F3N4/c1-11-12-4-5-2-3-6(14-13-5)7(8,9)10/h2-4,11H,1H3/b12-4+. The van der Waals surface area contributed by atoms with Crippen molar-refractivity contribution in [2.24, 2.45) is 5.10 Å². The van der Waals surface area contributed by atoms with Crippen LogP contribution in [0.5, 0.6) is 0 Å². The van der Waals surface area contributed by atoms with Crippen LogP contribution in [0.1, 0.15) is 11.4 Å². The lowest BCUT2D eigenvalue weighted by molar-refractivity contribution is -0.141. The highest BCUT2D eigenvalue weighted by molar-refractivity contribution is 5.76. The Balaban J connectivity index is 2.84. The minimum atomic E-state index is -4.45. The third kappa shape index (κ3) is 2.68. The quantitative estimate of drug-likeness (QED) is 0.578. The highest BCUT2D eigenvalue weighted by Crippen LogP contribution is 2.26. The van der Waals surface area contributed by atoms with Crippen molar-refractivity contribution in [1.29, 1.82) is 0 Å². The fourth-order valence-electron chi connectivity index (χ4n) is 0.693. The predicted molar refractivity (Wildman–Crippen MR) is 43.7 cm³/mol. The second-order valence-electron chi connectivity index (χ2n) is 2.32.